The second kappa shape index (κ2) is 7.14. The lowest BCUT2D eigenvalue weighted by atomic mass is 10.1. The molecule has 25 heavy (non-hydrogen) atoms. The van der Waals surface area contributed by atoms with E-state index in [0.29, 0.717) is 0 Å². The van der Waals surface area contributed by atoms with Gasteiger partial charge in [-0.25, -0.2) is 9.97 Å². The van der Waals surface area contributed by atoms with Gasteiger partial charge in [-0.3, -0.25) is 14.7 Å². The fraction of sp³-hybridized carbons (Fsp3) is 0.474. The number of Topliss-reactive ketones (excluding diaryl/α,β-unsaturated/α-hetero) is 1. The number of nitrogens with zero attached hydrogens (tertiary/aromatic N) is 4. The fourth-order valence-corrected chi connectivity index (χ4v) is 4.35. The van der Waals surface area contributed by atoms with Crippen molar-refractivity contribution < 1.29 is 4.79 Å². The Morgan fingerprint density at radius 1 is 1.28 bits per heavy atom. The molecule has 0 aromatic carbocycles. The summed E-state index contributed by atoms with van der Waals surface area (Å²) in [6.07, 6.45) is 6.30. The van der Waals surface area contributed by atoms with Gasteiger partial charge in [0.2, 0.25) is 0 Å². The molecule has 0 atom stereocenters. The summed E-state index contributed by atoms with van der Waals surface area (Å²) >= 11 is 1.60. The Balaban J connectivity index is 1.46. The summed E-state index contributed by atoms with van der Waals surface area (Å²) in [5, 5.41) is 0. The van der Waals surface area contributed by atoms with Crippen LogP contribution in [0, 0.1) is 0 Å². The number of aliphatic imine (C=N–C) groups is 1. The van der Waals surface area contributed by atoms with E-state index in [0.717, 1.165) is 55.4 Å². The number of thiophene rings is 1. The van der Waals surface area contributed by atoms with Crippen molar-refractivity contribution in [2.75, 3.05) is 13.1 Å². The quantitative estimate of drug-likeness (QED) is 0.791. The van der Waals surface area contributed by atoms with Crippen LogP contribution >= 0.6 is 11.3 Å². The molecule has 2 aromatic heterocycles. The van der Waals surface area contributed by atoms with Gasteiger partial charge < -0.3 is 0 Å². The topological polar surface area (TPSA) is 58.5 Å². The van der Waals surface area contributed by atoms with Gasteiger partial charge in [-0.15, -0.1) is 11.3 Å². The molecule has 0 aliphatic carbocycles. The molecule has 5 nitrogen and oxygen atoms in total. The average molecular weight is 354 g/mol. The zero-order chi connectivity index (χ0) is 17.2. The van der Waals surface area contributed by atoms with Crippen LogP contribution < -0.4 is 0 Å². The summed E-state index contributed by atoms with van der Waals surface area (Å²) in [7, 11) is 0. The Morgan fingerprint density at radius 2 is 2.20 bits per heavy atom. The van der Waals surface area contributed by atoms with Gasteiger partial charge in [-0.05, 0) is 38.3 Å². The van der Waals surface area contributed by atoms with Gasteiger partial charge in [0.25, 0.3) is 0 Å². The van der Waals surface area contributed by atoms with Crippen LogP contribution in [-0.2, 0) is 19.5 Å². The SMILES string of the molecule is CC(=O)c1ccc(CN2CCc3nc(C4=NCCCC4)ncc3C2)s1. The lowest BCUT2D eigenvalue weighted by Crippen LogP contribution is -2.31. The molecule has 2 aromatic rings. The third-order valence-electron chi connectivity index (χ3n) is 4.78. The standard InChI is InChI=1S/C19H22N4OS/c1-13(24)18-6-5-15(25-18)12-23-9-7-16-14(11-23)10-21-19(22-16)17-4-2-3-8-20-17/h5-6,10H,2-4,7-9,11-12H2,1H3. The summed E-state index contributed by atoms with van der Waals surface area (Å²) in [6, 6.07) is 4.00. The van der Waals surface area contributed by atoms with E-state index in [4.69, 9.17) is 4.98 Å². The summed E-state index contributed by atoms with van der Waals surface area (Å²) in [4.78, 5) is 29.9. The first kappa shape index (κ1) is 16.5. The van der Waals surface area contributed by atoms with Gasteiger partial charge >= 0.3 is 0 Å². The van der Waals surface area contributed by atoms with Crippen molar-refractivity contribution in [3.8, 4) is 0 Å². The molecular formula is C19H22N4OS. The molecule has 0 bridgehead atoms. The first-order valence-electron chi connectivity index (χ1n) is 8.89. The van der Waals surface area contributed by atoms with Crippen molar-refractivity contribution >= 4 is 22.8 Å². The Kier molecular flexibility index (Phi) is 4.72. The van der Waals surface area contributed by atoms with Crippen molar-refractivity contribution in [2.45, 2.75) is 45.7 Å². The van der Waals surface area contributed by atoms with E-state index in [1.54, 1.807) is 18.3 Å². The molecule has 2 aliphatic rings. The van der Waals surface area contributed by atoms with Crippen LogP contribution in [0.15, 0.2) is 23.3 Å². The van der Waals surface area contributed by atoms with Gasteiger partial charge in [0.1, 0.15) is 0 Å². The van der Waals surface area contributed by atoms with Gasteiger partial charge in [-0.2, -0.15) is 0 Å². The molecule has 130 valence electrons. The minimum Gasteiger partial charge on any atom is -0.294 e. The second-order valence-electron chi connectivity index (χ2n) is 6.73. The van der Waals surface area contributed by atoms with E-state index in [2.05, 4.69) is 20.9 Å². The molecule has 0 N–H and O–H groups in total. The molecule has 6 heteroatoms. The zero-order valence-corrected chi connectivity index (χ0v) is 15.3. The number of fused-ring (bicyclic) bond motifs is 1. The predicted molar refractivity (Wildman–Crippen MR) is 99.4 cm³/mol. The molecular weight excluding hydrogens is 332 g/mol. The number of hydrogen-bond donors (Lipinski definition) is 0. The lowest BCUT2D eigenvalue weighted by molar-refractivity contribution is 0.102. The Morgan fingerprint density at radius 3 is 2.96 bits per heavy atom. The minimum absolute atomic E-state index is 0.145. The van der Waals surface area contributed by atoms with Crippen molar-refractivity contribution in [3.63, 3.8) is 0 Å². The predicted octanol–water partition coefficient (Wildman–Crippen LogP) is 3.27. The first-order valence-corrected chi connectivity index (χ1v) is 9.71. The van der Waals surface area contributed by atoms with E-state index >= 15 is 0 Å². The monoisotopic (exact) mass is 354 g/mol. The van der Waals surface area contributed by atoms with Crippen LogP contribution in [0.2, 0.25) is 0 Å². The van der Waals surface area contributed by atoms with Crippen molar-refractivity contribution in [1.82, 2.24) is 14.9 Å². The Hall–Kier alpha value is -1.92. The van der Waals surface area contributed by atoms with Gasteiger partial charge in [0, 0.05) is 49.2 Å². The van der Waals surface area contributed by atoms with Gasteiger partial charge in [0.15, 0.2) is 11.6 Å². The highest BCUT2D eigenvalue weighted by atomic mass is 32.1. The van der Waals surface area contributed by atoms with Crippen LogP contribution in [0.25, 0.3) is 0 Å². The molecule has 4 heterocycles. The highest BCUT2D eigenvalue weighted by Gasteiger charge is 2.21. The molecule has 0 saturated heterocycles. The van der Waals surface area contributed by atoms with Crippen molar-refractivity contribution in [1.29, 1.82) is 0 Å². The zero-order valence-electron chi connectivity index (χ0n) is 14.5. The van der Waals surface area contributed by atoms with E-state index in [1.165, 1.54) is 29.0 Å². The number of aromatic nitrogens is 2. The maximum atomic E-state index is 11.4. The summed E-state index contributed by atoms with van der Waals surface area (Å²) in [6.45, 7) is 5.27. The highest BCUT2D eigenvalue weighted by molar-refractivity contribution is 7.14. The number of carbonyl (C=O) groups excluding carboxylic acids is 1. The third-order valence-corrected chi connectivity index (χ3v) is 5.95. The smallest absolute Gasteiger partial charge is 0.173 e. The number of rotatable bonds is 4. The molecule has 0 fully saturated rings. The molecule has 0 unspecified atom stereocenters. The van der Waals surface area contributed by atoms with Gasteiger partial charge in [-0.1, -0.05) is 0 Å². The Labute approximate surface area is 151 Å². The van der Waals surface area contributed by atoms with Gasteiger partial charge in [0.05, 0.1) is 16.3 Å². The summed E-state index contributed by atoms with van der Waals surface area (Å²) < 4.78 is 0. The third kappa shape index (κ3) is 3.70. The summed E-state index contributed by atoms with van der Waals surface area (Å²) in [5.41, 5.74) is 3.46. The van der Waals surface area contributed by atoms with E-state index in [-0.39, 0.29) is 5.78 Å². The second-order valence-corrected chi connectivity index (χ2v) is 7.90. The number of carbonyl (C=O) groups is 1. The fourth-order valence-electron chi connectivity index (χ4n) is 3.40. The molecule has 0 saturated carbocycles. The maximum Gasteiger partial charge on any atom is 0.173 e. The van der Waals surface area contributed by atoms with E-state index in [1.807, 2.05) is 12.3 Å². The Bertz CT molecular complexity index is 827. The van der Waals surface area contributed by atoms with Crippen LogP contribution in [0.3, 0.4) is 0 Å². The van der Waals surface area contributed by atoms with Crippen molar-refractivity contribution in [3.05, 3.63) is 45.2 Å². The van der Waals surface area contributed by atoms with Crippen LogP contribution in [0.4, 0.5) is 0 Å². The lowest BCUT2D eigenvalue weighted by Gasteiger charge is -2.27. The van der Waals surface area contributed by atoms with Crippen LogP contribution in [0.5, 0.6) is 0 Å². The van der Waals surface area contributed by atoms with E-state index < -0.39 is 0 Å². The number of ketones is 1. The summed E-state index contributed by atoms with van der Waals surface area (Å²) in [5.74, 6) is 0.975. The molecule has 2 aliphatic heterocycles. The molecule has 0 spiro atoms. The first-order chi connectivity index (χ1) is 12.2. The number of hydrogen-bond acceptors (Lipinski definition) is 6. The minimum atomic E-state index is 0.145. The average Bonchev–Trinajstić information content (AvgIpc) is 3.11. The largest absolute Gasteiger partial charge is 0.294 e. The van der Waals surface area contributed by atoms with Crippen LogP contribution in [-0.4, -0.2) is 39.5 Å². The van der Waals surface area contributed by atoms with E-state index in [9.17, 15) is 4.79 Å². The highest BCUT2D eigenvalue weighted by Crippen LogP contribution is 2.23. The molecule has 4 rings (SSSR count). The molecule has 0 amide bonds. The molecule has 0 radical (unpaired) electrons. The van der Waals surface area contributed by atoms with Crippen molar-refractivity contribution in [2.24, 2.45) is 4.99 Å². The maximum absolute atomic E-state index is 11.4. The normalized spacial score (nSPS) is 17.9. The van der Waals surface area contributed by atoms with Crippen LogP contribution in [0.1, 0.15) is 57.8 Å².